The Morgan fingerprint density at radius 1 is 0.304 bits per heavy atom. The molecule has 0 saturated carbocycles. The maximum atomic E-state index is 12.8. The van der Waals surface area contributed by atoms with E-state index in [9.17, 15) is 14.4 Å². The minimum absolute atomic E-state index is 0.118. The zero-order valence-corrected chi connectivity index (χ0v) is 44.5. The second-order valence-electron chi connectivity index (χ2n) is 18.1. The molecule has 6 heteroatoms. The molecule has 0 aliphatic carbocycles. The summed E-state index contributed by atoms with van der Waals surface area (Å²) in [4.78, 5) is 38.1. The molecule has 1 atom stereocenters. The van der Waals surface area contributed by atoms with Crippen molar-refractivity contribution in [1.29, 1.82) is 0 Å². The Bertz CT molecular complexity index is 1470. The van der Waals surface area contributed by atoms with Crippen LogP contribution >= 0.6 is 0 Å². The average molecular weight is 956 g/mol. The molecular weight excluding hydrogens is 853 g/mol. The minimum Gasteiger partial charge on any atom is -0.462 e. The molecule has 0 fully saturated rings. The fourth-order valence-electron chi connectivity index (χ4n) is 7.22. The molecule has 0 bridgehead atoms. The summed E-state index contributed by atoms with van der Waals surface area (Å²) >= 11 is 0. The monoisotopic (exact) mass is 955 g/mol. The van der Waals surface area contributed by atoms with Crippen LogP contribution in [0.1, 0.15) is 239 Å². The Hall–Kier alpha value is -4.19. The van der Waals surface area contributed by atoms with E-state index in [1.807, 2.05) is 0 Å². The van der Waals surface area contributed by atoms with E-state index in [2.05, 4.69) is 142 Å². The third-order valence-electron chi connectivity index (χ3n) is 11.4. The lowest BCUT2D eigenvalue weighted by Gasteiger charge is -2.18. The first-order valence-corrected chi connectivity index (χ1v) is 28.0. The van der Waals surface area contributed by atoms with Gasteiger partial charge in [0.1, 0.15) is 13.2 Å². The van der Waals surface area contributed by atoms with Crippen molar-refractivity contribution in [1.82, 2.24) is 0 Å². The van der Waals surface area contributed by atoms with Gasteiger partial charge in [-0.15, -0.1) is 0 Å². The molecule has 0 aliphatic rings. The van der Waals surface area contributed by atoms with Crippen LogP contribution in [0.3, 0.4) is 0 Å². The molecule has 0 saturated heterocycles. The summed E-state index contributed by atoms with van der Waals surface area (Å²) in [6.07, 6.45) is 77.6. The van der Waals surface area contributed by atoms with Crippen molar-refractivity contribution in [2.24, 2.45) is 0 Å². The normalized spacial score (nSPS) is 13.0. The molecule has 0 aromatic rings. The van der Waals surface area contributed by atoms with Gasteiger partial charge in [0.05, 0.1) is 0 Å². The number of rotatable bonds is 49. The summed E-state index contributed by atoms with van der Waals surface area (Å²) in [6, 6.07) is 0. The van der Waals surface area contributed by atoms with Gasteiger partial charge in [-0.3, -0.25) is 14.4 Å². The Morgan fingerprint density at radius 3 is 0.986 bits per heavy atom. The van der Waals surface area contributed by atoms with Crippen molar-refractivity contribution >= 4 is 17.9 Å². The Kier molecular flexibility index (Phi) is 53.0. The first-order chi connectivity index (χ1) is 34.0. The molecule has 0 radical (unpaired) electrons. The largest absolute Gasteiger partial charge is 0.462 e. The Balaban J connectivity index is 4.57. The number of esters is 3. The van der Waals surface area contributed by atoms with Gasteiger partial charge in [0.2, 0.25) is 0 Å². The summed E-state index contributed by atoms with van der Waals surface area (Å²) in [6.45, 7) is 6.40. The van der Waals surface area contributed by atoms with Gasteiger partial charge in [-0.1, -0.05) is 213 Å². The molecule has 390 valence electrons. The standard InChI is InChI=1S/C63H102O6/c1-4-7-10-13-16-19-22-25-28-30-31-33-35-38-41-44-47-50-53-56-62(65)68-59-60(58-67-61(64)55-52-49-46-43-40-37-34-27-24-21-18-15-12-9-6-3)69-63(66)57-54-51-48-45-42-39-36-32-29-26-23-20-17-14-11-8-5-2/h8,11,16-17,19-20,25-29,31,33-34,36,38-39,41,45,48,60H,4-7,9-10,12-15,18,21-24,30,32,35,37,40,42-44,46-47,49-59H2,1-3H3/b11-8-,19-16-,20-17-,28-25-,29-26-,33-31-,34-27-,39-36-,41-38-,48-45-/t60-/m0/s1. The maximum Gasteiger partial charge on any atom is 0.306 e. The van der Waals surface area contributed by atoms with Gasteiger partial charge in [0.15, 0.2) is 6.10 Å². The van der Waals surface area contributed by atoms with E-state index in [4.69, 9.17) is 14.2 Å². The fraction of sp³-hybridized carbons (Fsp3) is 0.635. The predicted octanol–water partition coefficient (Wildman–Crippen LogP) is 18.9. The highest BCUT2D eigenvalue weighted by atomic mass is 16.6. The first kappa shape index (κ1) is 64.8. The molecule has 69 heavy (non-hydrogen) atoms. The van der Waals surface area contributed by atoms with Crippen LogP contribution in [0.25, 0.3) is 0 Å². The number of hydrogen-bond donors (Lipinski definition) is 0. The van der Waals surface area contributed by atoms with Crippen LogP contribution in [-0.2, 0) is 28.6 Å². The third-order valence-corrected chi connectivity index (χ3v) is 11.4. The van der Waals surface area contributed by atoms with E-state index in [0.717, 1.165) is 116 Å². The number of ether oxygens (including phenoxy) is 3. The van der Waals surface area contributed by atoms with E-state index in [1.54, 1.807) is 0 Å². The van der Waals surface area contributed by atoms with E-state index < -0.39 is 6.10 Å². The lowest BCUT2D eigenvalue weighted by atomic mass is 10.1. The highest BCUT2D eigenvalue weighted by molar-refractivity contribution is 5.71. The molecule has 0 aromatic carbocycles. The van der Waals surface area contributed by atoms with Gasteiger partial charge in [0, 0.05) is 19.3 Å². The molecule has 0 amide bonds. The van der Waals surface area contributed by atoms with Crippen molar-refractivity contribution in [3.05, 3.63) is 122 Å². The maximum absolute atomic E-state index is 12.8. The van der Waals surface area contributed by atoms with Crippen LogP contribution in [0.5, 0.6) is 0 Å². The lowest BCUT2D eigenvalue weighted by Crippen LogP contribution is -2.30. The topological polar surface area (TPSA) is 78.9 Å². The summed E-state index contributed by atoms with van der Waals surface area (Å²) < 4.78 is 16.8. The summed E-state index contributed by atoms with van der Waals surface area (Å²) in [5.41, 5.74) is 0. The molecule has 0 rings (SSSR count). The number of allylic oxidation sites excluding steroid dienone is 20. The zero-order valence-electron chi connectivity index (χ0n) is 44.5. The van der Waals surface area contributed by atoms with Gasteiger partial charge in [-0.05, 0) is 128 Å². The van der Waals surface area contributed by atoms with Crippen molar-refractivity contribution in [2.45, 2.75) is 245 Å². The van der Waals surface area contributed by atoms with Crippen LogP contribution in [0, 0.1) is 0 Å². The van der Waals surface area contributed by atoms with Crippen LogP contribution in [0.4, 0.5) is 0 Å². The quantitative estimate of drug-likeness (QED) is 0.0262. The van der Waals surface area contributed by atoms with Crippen LogP contribution in [-0.4, -0.2) is 37.2 Å². The molecule has 6 nitrogen and oxygen atoms in total. The predicted molar refractivity (Wildman–Crippen MR) is 297 cm³/mol. The summed E-state index contributed by atoms with van der Waals surface area (Å²) in [7, 11) is 0. The molecule has 0 aromatic heterocycles. The number of hydrogen-bond acceptors (Lipinski definition) is 6. The van der Waals surface area contributed by atoms with E-state index in [1.165, 1.54) is 77.0 Å². The molecule has 0 spiro atoms. The van der Waals surface area contributed by atoms with Crippen molar-refractivity contribution < 1.29 is 28.6 Å². The van der Waals surface area contributed by atoms with E-state index >= 15 is 0 Å². The molecule has 0 aliphatic heterocycles. The lowest BCUT2D eigenvalue weighted by molar-refractivity contribution is -0.167. The van der Waals surface area contributed by atoms with Crippen molar-refractivity contribution in [3.63, 3.8) is 0 Å². The number of carbonyl (C=O) groups is 3. The van der Waals surface area contributed by atoms with Crippen LogP contribution in [0.15, 0.2) is 122 Å². The highest BCUT2D eigenvalue weighted by Crippen LogP contribution is 2.12. The van der Waals surface area contributed by atoms with Gasteiger partial charge < -0.3 is 14.2 Å². The SMILES string of the molecule is CC/C=C\C/C=C\C/C=C\C/C=C\C/C=C\CCCC(=O)O[C@H](COC(=O)CCCCC/C=C\C/C=C\C/C=C\C/C=C\CCCCC)COC(=O)CCCCCCC/C=C\CCCCCCCC. The molecule has 0 unspecified atom stereocenters. The van der Waals surface area contributed by atoms with E-state index in [0.29, 0.717) is 19.3 Å². The second-order valence-corrected chi connectivity index (χ2v) is 18.1. The molecule has 0 heterocycles. The average Bonchev–Trinajstić information content (AvgIpc) is 3.35. The fourth-order valence-corrected chi connectivity index (χ4v) is 7.22. The minimum atomic E-state index is -0.828. The van der Waals surface area contributed by atoms with Gasteiger partial charge >= 0.3 is 17.9 Å². The molecular formula is C63H102O6. The van der Waals surface area contributed by atoms with Crippen molar-refractivity contribution in [2.75, 3.05) is 13.2 Å². The van der Waals surface area contributed by atoms with Crippen molar-refractivity contribution in [3.8, 4) is 0 Å². The van der Waals surface area contributed by atoms with Gasteiger partial charge in [0.25, 0.3) is 0 Å². The van der Waals surface area contributed by atoms with Gasteiger partial charge in [-0.25, -0.2) is 0 Å². The number of carbonyl (C=O) groups excluding carboxylic acids is 3. The second kappa shape index (κ2) is 56.4. The smallest absolute Gasteiger partial charge is 0.306 e. The summed E-state index contributed by atoms with van der Waals surface area (Å²) in [5.74, 6) is -1.02. The van der Waals surface area contributed by atoms with Gasteiger partial charge in [-0.2, -0.15) is 0 Å². The molecule has 0 N–H and O–H groups in total. The van der Waals surface area contributed by atoms with Crippen LogP contribution < -0.4 is 0 Å². The third kappa shape index (κ3) is 54.6. The highest BCUT2D eigenvalue weighted by Gasteiger charge is 2.19. The number of unbranched alkanes of at least 4 members (excludes halogenated alkanes) is 18. The van der Waals surface area contributed by atoms with E-state index in [-0.39, 0.29) is 37.5 Å². The zero-order chi connectivity index (χ0) is 50.0. The Morgan fingerprint density at radius 2 is 0.580 bits per heavy atom. The first-order valence-electron chi connectivity index (χ1n) is 28.0. The van der Waals surface area contributed by atoms with Crippen LogP contribution in [0.2, 0.25) is 0 Å². The summed E-state index contributed by atoms with van der Waals surface area (Å²) in [5, 5.41) is 0. The Labute approximate surface area is 424 Å².